The second-order valence-corrected chi connectivity index (χ2v) is 9.33. The van der Waals surface area contributed by atoms with Crippen LogP contribution in [0.3, 0.4) is 0 Å². The van der Waals surface area contributed by atoms with Crippen LogP contribution in [-0.2, 0) is 10.0 Å². The van der Waals surface area contributed by atoms with E-state index < -0.39 is 21.7 Å². The summed E-state index contributed by atoms with van der Waals surface area (Å²) < 4.78 is 41.5. The maximum atomic E-state index is 13.5. The number of nitrogens with zero attached hydrogens (tertiary/aromatic N) is 2. The number of halogens is 1. The zero-order valence-electron chi connectivity index (χ0n) is 16.7. The van der Waals surface area contributed by atoms with Crippen LogP contribution in [0, 0.1) is 12.7 Å². The molecule has 0 aliphatic rings. The van der Waals surface area contributed by atoms with E-state index in [2.05, 4.69) is 20.0 Å². The lowest BCUT2D eigenvalue weighted by Gasteiger charge is -2.12. The lowest BCUT2D eigenvalue weighted by atomic mass is 10.2. The first kappa shape index (κ1) is 21.6. The van der Waals surface area contributed by atoms with Crippen LogP contribution in [0.4, 0.5) is 15.2 Å². The Morgan fingerprint density at radius 3 is 2.56 bits per heavy atom. The molecular weight excluding hydrogens is 451 g/mol. The van der Waals surface area contributed by atoms with Gasteiger partial charge in [-0.2, -0.15) is 0 Å². The van der Waals surface area contributed by atoms with E-state index in [0.717, 1.165) is 11.6 Å². The van der Waals surface area contributed by atoms with Gasteiger partial charge in [0, 0.05) is 23.3 Å². The number of pyridine rings is 1. The molecule has 2 aromatic heterocycles. The Labute approximate surface area is 188 Å². The van der Waals surface area contributed by atoms with Crippen molar-refractivity contribution in [1.29, 1.82) is 0 Å². The lowest BCUT2D eigenvalue weighted by Crippen LogP contribution is -2.18. The minimum atomic E-state index is -4.03. The number of rotatable bonds is 6. The number of benzene rings is 2. The van der Waals surface area contributed by atoms with E-state index in [9.17, 15) is 17.6 Å². The molecule has 2 N–H and O–H groups in total. The molecule has 4 rings (SSSR count). The Morgan fingerprint density at radius 2 is 1.81 bits per heavy atom. The van der Waals surface area contributed by atoms with Crippen molar-refractivity contribution < 1.29 is 17.6 Å². The molecule has 4 aromatic rings. The van der Waals surface area contributed by atoms with Crippen LogP contribution in [0.1, 0.15) is 15.9 Å². The second kappa shape index (κ2) is 8.85. The van der Waals surface area contributed by atoms with Gasteiger partial charge in [0.1, 0.15) is 5.82 Å². The summed E-state index contributed by atoms with van der Waals surface area (Å²) in [4.78, 5) is 21.1. The SMILES string of the molecule is Cc1cc(S(=O)(=O)Nc2ccccc2C(=O)Nc2nc(-c3ccncc3)cs2)ccc1F. The molecule has 2 heterocycles. The average molecular weight is 469 g/mol. The fourth-order valence-electron chi connectivity index (χ4n) is 2.91. The third kappa shape index (κ3) is 4.66. The summed E-state index contributed by atoms with van der Waals surface area (Å²) in [5.41, 5.74) is 1.97. The predicted octanol–water partition coefficient (Wildman–Crippen LogP) is 4.71. The number of hydrogen-bond donors (Lipinski definition) is 2. The first-order valence-electron chi connectivity index (χ1n) is 9.39. The number of sulfonamides is 1. The van der Waals surface area contributed by atoms with E-state index in [1.807, 2.05) is 12.1 Å². The average Bonchev–Trinajstić information content (AvgIpc) is 3.24. The smallest absolute Gasteiger partial charge is 0.261 e. The Balaban J connectivity index is 1.56. The molecule has 7 nitrogen and oxygen atoms in total. The minimum Gasteiger partial charge on any atom is -0.298 e. The standard InChI is InChI=1S/C22H17FN4O3S2/c1-14-12-16(6-7-18(14)23)32(29,30)27-19-5-3-2-4-17(19)21(28)26-22-25-20(13-31-22)15-8-10-24-11-9-15/h2-13,27H,1H3,(H,25,26,28). The molecule has 0 saturated heterocycles. The highest BCUT2D eigenvalue weighted by Gasteiger charge is 2.20. The third-order valence-electron chi connectivity index (χ3n) is 4.56. The maximum Gasteiger partial charge on any atom is 0.261 e. The number of amides is 1. The fraction of sp³-hybridized carbons (Fsp3) is 0.0455. The minimum absolute atomic E-state index is 0.0953. The fourth-order valence-corrected chi connectivity index (χ4v) is 4.79. The Bertz CT molecular complexity index is 1390. The van der Waals surface area contributed by atoms with Gasteiger partial charge in [0.25, 0.3) is 15.9 Å². The van der Waals surface area contributed by atoms with Gasteiger partial charge in [0.2, 0.25) is 0 Å². The first-order valence-corrected chi connectivity index (χ1v) is 11.7. The van der Waals surface area contributed by atoms with Crippen LogP contribution in [0.2, 0.25) is 0 Å². The molecule has 0 aliphatic heterocycles. The normalized spacial score (nSPS) is 11.2. The van der Waals surface area contributed by atoms with Gasteiger partial charge < -0.3 is 0 Å². The van der Waals surface area contributed by atoms with Gasteiger partial charge in [0.05, 0.1) is 21.8 Å². The molecule has 0 atom stereocenters. The summed E-state index contributed by atoms with van der Waals surface area (Å²) >= 11 is 1.25. The van der Waals surface area contributed by atoms with Gasteiger partial charge >= 0.3 is 0 Å². The van der Waals surface area contributed by atoms with E-state index in [0.29, 0.717) is 10.8 Å². The monoisotopic (exact) mass is 468 g/mol. The number of thiazole rings is 1. The van der Waals surface area contributed by atoms with Crippen molar-refractivity contribution in [3.8, 4) is 11.3 Å². The number of carbonyl (C=O) groups excluding carboxylic acids is 1. The number of carbonyl (C=O) groups is 1. The number of hydrogen-bond acceptors (Lipinski definition) is 6. The highest BCUT2D eigenvalue weighted by atomic mass is 32.2. The zero-order chi connectivity index (χ0) is 22.7. The summed E-state index contributed by atoms with van der Waals surface area (Å²) in [7, 11) is -4.03. The number of anilines is 2. The molecule has 0 spiro atoms. The molecule has 0 radical (unpaired) electrons. The second-order valence-electron chi connectivity index (χ2n) is 6.79. The quantitative estimate of drug-likeness (QED) is 0.427. The van der Waals surface area contributed by atoms with E-state index >= 15 is 0 Å². The van der Waals surface area contributed by atoms with Crippen molar-refractivity contribution in [3.05, 3.63) is 89.3 Å². The molecule has 0 saturated carbocycles. The van der Waals surface area contributed by atoms with Gasteiger partial charge in [-0.1, -0.05) is 12.1 Å². The van der Waals surface area contributed by atoms with Gasteiger partial charge in [-0.3, -0.25) is 19.8 Å². The summed E-state index contributed by atoms with van der Waals surface area (Å²) in [6.45, 7) is 1.48. The van der Waals surface area contributed by atoms with Crippen molar-refractivity contribution >= 4 is 38.1 Å². The molecule has 162 valence electrons. The Morgan fingerprint density at radius 1 is 1.06 bits per heavy atom. The summed E-state index contributed by atoms with van der Waals surface area (Å²) in [5.74, 6) is -1.02. The van der Waals surface area contributed by atoms with Crippen LogP contribution in [0.25, 0.3) is 11.3 Å². The van der Waals surface area contributed by atoms with Crippen molar-refractivity contribution in [2.75, 3.05) is 10.0 Å². The predicted molar refractivity (Wildman–Crippen MR) is 122 cm³/mol. The molecule has 1 amide bonds. The number of aromatic nitrogens is 2. The Hall–Kier alpha value is -3.63. The van der Waals surface area contributed by atoms with Crippen molar-refractivity contribution in [1.82, 2.24) is 9.97 Å². The summed E-state index contributed by atoms with van der Waals surface area (Å²) in [6.07, 6.45) is 3.30. The van der Waals surface area contributed by atoms with Gasteiger partial charge in [0.15, 0.2) is 5.13 Å². The number of aryl methyl sites for hydroxylation is 1. The van der Waals surface area contributed by atoms with Gasteiger partial charge in [-0.25, -0.2) is 17.8 Å². The Kier molecular flexibility index (Phi) is 5.97. The highest BCUT2D eigenvalue weighted by Crippen LogP contribution is 2.26. The van der Waals surface area contributed by atoms with Gasteiger partial charge in [-0.15, -0.1) is 11.3 Å². The molecule has 2 aromatic carbocycles. The summed E-state index contributed by atoms with van der Waals surface area (Å²) in [5, 5.41) is 4.87. The summed E-state index contributed by atoms with van der Waals surface area (Å²) in [6, 6.07) is 13.3. The molecular formula is C22H17FN4O3S2. The lowest BCUT2D eigenvalue weighted by molar-refractivity contribution is 0.102. The van der Waals surface area contributed by atoms with E-state index in [1.165, 1.54) is 42.5 Å². The highest BCUT2D eigenvalue weighted by molar-refractivity contribution is 7.92. The molecule has 0 aliphatic carbocycles. The van der Waals surface area contributed by atoms with E-state index in [4.69, 9.17) is 0 Å². The molecule has 32 heavy (non-hydrogen) atoms. The molecule has 0 fully saturated rings. The van der Waals surface area contributed by atoms with Gasteiger partial charge in [-0.05, 0) is 55.0 Å². The van der Waals surface area contributed by atoms with Crippen LogP contribution in [-0.4, -0.2) is 24.3 Å². The zero-order valence-corrected chi connectivity index (χ0v) is 18.4. The molecule has 10 heteroatoms. The molecule has 0 unspecified atom stereocenters. The van der Waals surface area contributed by atoms with Crippen LogP contribution in [0.15, 0.2) is 77.3 Å². The topological polar surface area (TPSA) is 101 Å². The number of para-hydroxylation sites is 1. The molecule has 0 bridgehead atoms. The maximum absolute atomic E-state index is 13.5. The van der Waals surface area contributed by atoms with Crippen molar-refractivity contribution in [3.63, 3.8) is 0 Å². The van der Waals surface area contributed by atoms with E-state index in [1.54, 1.807) is 29.9 Å². The van der Waals surface area contributed by atoms with Crippen molar-refractivity contribution in [2.24, 2.45) is 0 Å². The third-order valence-corrected chi connectivity index (χ3v) is 6.68. The van der Waals surface area contributed by atoms with Crippen molar-refractivity contribution in [2.45, 2.75) is 11.8 Å². The largest absolute Gasteiger partial charge is 0.298 e. The first-order chi connectivity index (χ1) is 15.3. The van der Waals surface area contributed by atoms with Crippen LogP contribution in [0.5, 0.6) is 0 Å². The van der Waals surface area contributed by atoms with Crippen LogP contribution >= 0.6 is 11.3 Å². The van der Waals surface area contributed by atoms with Crippen LogP contribution < -0.4 is 10.0 Å². The number of nitrogens with one attached hydrogen (secondary N) is 2. The van der Waals surface area contributed by atoms with E-state index in [-0.39, 0.29) is 21.7 Å².